The smallest absolute Gasteiger partial charge is 0.264 e. The Hall–Kier alpha value is -3.00. The Morgan fingerprint density at radius 1 is 1.26 bits per heavy atom. The maximum Gasteiger partial charge on any atom is 0.264 e. The van der Waals surface area contributed by atoms with Gasteiger partial charge in [0.25, 0.3) is 5.56 Å². The fraction of sp³-hybridized carbons (Fsp3) is 0.368. The van der Waals surface area contributed by atoms with E-state index in [1.54, 1.807) is 18.7 Å². The van der Waals surface area contributed by atoms with Crippen molar-refractivity contribution in [2.24, 2.45) is 0 Å². The van der Waals surface area contributed by atoms with E-state index in [1.165, 1.54) is 10.8 Å². The number of aryl methyl sites for hydroxylation is 1. The van der Waals surface area contributed by atoms with Gasteiger partial charge in [0.05, 0.1) is 11.9 Å². The number of para-hydroxylation sites is 1. The van der Waals surface area contributed by atoms with Crippen molar-refractivity contribution < 1.29 is 9.53 Å². The van der Waals surface area contributed by atoms with E-state index in [2.05, 4.69) is 15.4 Å². The summed E-state index contributed by atoms with van der Waals surface area (Å²) in [6.07, 6.45) is 2.50. The molecule has 0 saturated carbocycles. The molecule has 8 nitrogen and oxygen atoms in total. The van der Waals surface area contributed by atoms with Gasteiger partial charge in [0.15, 0.2) is 5.65 Å². The molecule has 0 atom stereocenters. The minimum absolute atomic E-state index is 0.0996. The van der Waals surface area contributed by atoms with E-state index >= 15 is 0 Å². The number of hydrogen-bond donors (Lipinski definition) is 1. The van der Waals surface area contributed by atoms with Crippen LogP contribution in [0.5, 0.6) is 0 Å². The minimum atomic E-state index is -0.188. The topological polar surface area (TPSA) is 91.0 Å². The van der Waals surface area contributed by atoms with Crippen molar-refractivity contribution in [2.75, 3.05) is 20.3 Å². The summed E-state index contributed by atoms with van der Waals surface area (Å²) < 4.78 is 8.12. The van der Waals surface area contributed by atoms with Gasteiger partial charge in [0.1, 0.15) is 11.2 Å². The summed E-state index contributed by atoms with van der Waals surface area (Å²) in [5.74, 6) is 0.454. The predicted molar refractivity (Wildman–Crippen MR) is 102 cm³/mol. The van der Waals surface area contributed by atoms with E-state index < -0.39 is 0 Å². The van der Waals surface area contributed by atoms with Crippen LogP contribution in [0.15, 0.2) is 41.3 Å². The number of carbonyl (C=O) groups excluding carboxylic acids is 1. The monoisotopic (exact) mass is 369 g/mol. The van der Waals surface area contributed by atoms with Gasteiger partial charge in [-0.25, -0.2) is 9.67 Å². The number of ether oxygens (including phenoxy) is 1. The van der Waals surface area contributed by atoms with Gasteiger partial charge in [0.2, 0.25) is 5.91 Å². The molecule has 0 saturated heterocycles. The minimum Gasteiger partial charge on any atom is -0.385 e. The van der Waals surface area contributed by atoms with Crippen LogP contribution in [0.2, 0.25) is 0 Å². The van der Waals surface area contributed by atoms with Gasteiger partial charge < -0.3 is 10.1 Å². The standard InChI is InChI=1S/C19H23N5O3/c1-14-22-18-16(13-21-24(18)15-7-4-3-5-8-15)19(26)23(14)11-9-17(25)20-10-6-12-27-2/h3-5,7-8,13H,6,9-12H2,1-2H3,(H,20,25). The van der Waals surface area contributed by atoms with Crippen molar-refractivity contribution in [1.82, 2.24) is 24.6 Å². The molecule has 2 heterocycles. The number of rotatable bonds is 8. The summed E-state index contributed by atoms with van der Waals surface area (Å²) in [6.45, 7) is 3.20. The largest absolute Gasteiger partial charge is 0.385 e. The zero-order valence-electron chi connectivity index (χ0n) is 15.5. The number of fused-ring (bicyclic) bond motifs is 1. The Balaban J connectivity index is 1.78. The SMILES string of the molecule is COCCCNC(=O)CCn1c(C)nc2c(cnn2-c2ccccc2)c1=O. The van der Waals surface area contributed by atoms with Crippen LogP contribution in [-0.4, -0.2) is 45.5 Å². The van der Waals surface area contributed by atoms with Gasteiger partial charge in [-0.1, -0.05) is 18.2 Å². The predicted octanol–water partition coefficient (Wildman–Crippen LogP) is 1.43. The molecule has 1 N–H and O–H groups in total. The molecule has 3 aromatic rings. The van der Waals surface area contributed by atoms with Crippen LogP contribution in [0.3, 0.4) is 0 Å². The second kappa shape index (κ2) is 8.59. The third-order valence-electron chi connectivity index (χ3n) is 4.29. The van der Waals surface area contributed by atoms with Crippen LogP contribution >= 0.6 is 0 Å². The van der Waals surface area contributed by atoms with Crippen LogP contribution in [0.1, 0.15) is 18.7 Å². The number of hydrogen-bond acceptors (Lipinski definition) is 5. The molecule has 0 aliphatic carbocycles. The quantitative estimate of drug-likeness (QED) is 0.607. The molecule has 1 aromatic carbocycles. The second-order valence-corrected chi connectivity index (χ2v) is 6.19. The molecule has 0 aliphatic rings. The lowest BCUT2D eigenvalue weighted by molar-refractivity contribution is -0.121. The molecule has 0 aliphatic heterocycles. The molecular formula is C19H23N5O3. The van der Waals surface area contributed by atoms with Gasteiger partial charge in [-0.3, -0.25) is 14.2 Å². The van der Waals surface area contributed by atoms with Crippen molar-refractivity contribution >= 4 is 16.9 Å². The summed E-state index contributed by atoms with van der Waals surface area (Å²) in [7, 11) is 1.63. The zero-order valence-corrected chi connectivity index (χ0v) is 15.5. The Morgan fingerprint density at radius 2 is 2.04 bits per heavy atom. The van der Waals surface area contributed by atoms with Crippen molar-refractivity contribution in [3.63, 3.8) is 0 Å². The van der Waals surface area contributed by atoms with Crippen molar-refractivity contribution in [1.29, 1.82) is 0 Å². The Kier molecular flexibility index (Phi) is 5.97. The lowest BCUT2D eigenvalue weighted by atomic mass is 10.3. The number of nitrogens with one attached hydrogen (secondary N) is 1. The number of methoxy groups -OCH3 is 1. The summed E-state index contributed by atoms with van der Waals surface area (Å²) in [4.78, 5) is 29.3. The maximum absolute atomic E-state index is 12.8. The molecule has 0 radical (unpaired) electrons. The number of amides is 1. The summed E-state index contributed by atoms with van der Waals surface area (Å²) in [5.41, 5.74) is 1.17. The van der Waals surface area contributed by atoms with E-state index in [9.17, 15) is 9.59 Å². The average Bonchev–Trinajstić information content (AvgIpc) is 3.09. The highest BCUT2D eigenvalue weighted by Gasteiger charge is 2.14. The van der Waals surface area contributed by atoms with Gasteiger partial charge >= 0.3 is 0 Å². The third kappa shape index (κ3) is 4.22. The number of benzene rings is 1. The maximum atomic E-state index is 12.8. The summed E-state index contributed by atoms with van der Waals surface area (Å²) in [6, 6.07) is 9.54. The van der Waals surface area contributed by atoms with E-state index in [1.807, 2.05) is 30.3 Å². The molecule has 27 heavy (non-hydrogen) atoms. The molecular weight excluding hydrogens is 346 g/mol. The lowest BCUT2D eigenvalue weighted by Crippen LogP contribution is -2.30. The first kappa shape index (κ1) is 18.8. The van der Waals surface area contributed by atoms with Crippen LogP contribution in [0.4, 0.5) is 0 Å². The fourth-order valence-corrected chi connectivity index (χ4v) is 2.87. The molecule has 0 bridgehead atoms. The first-order chi connectivity index (χ1) is 13.1. The third-order valence-corrected chi connectivity index (χ3v) is 4.29. The Morgan fingerprint density at radius 3 is 2.78 bits per heavy atom. The second-order valence-electron chi connectivity index (χ2n) is 6.19. The normalized spacial score (nSPS) is 11.0. The zero-order chi connectivity index (χ0) is 19.2. The molecule has 1 amide bonds. The van der Waals surface area contributed by atoms with Gasteiger partial charge in [0, 0.05) is 33.2 Å². The first-order valence-electron chi connectivity index (χ1n) is 8.88. The molecule has 0 spiro atoms. The van der Waals surface area contributed by atoms with E-state index in [0.29, 0.717) is 30.0 Å². The van der Waals surface area contributed by atoms with Gasteiger partial charge in [-0.15, -0.1) is 0 Å². The van der Waals surface area contributed by atoms with E-state index in [0.717, 1.165) is 12.1 Å². The highest BCUT2D eigenvalue weighted by molar-refractivity contribution is 5.76. The van der Waals surface area contributed by atoms with Crippen molar-refractivity contribution in [3.8, 4) is 5.69 Å². The average molecular weight is 369 g/mol. The molecule has 0 unspecified atom stereocenters. The van der Waals surface area contributed by atoms with Gasteiger partial charge in [-0.05, 0) is 25.5 Å². The van der Waals surface area contributed by atoms with Crippen LogP contribution in [0, 0.1) is 6.92 Å². The van der Waals surface area contributed by atoms with E-state index in [4.69, 9.17) is 4.74 Å². The number of aromatic nitrogens is 4. The molecule has 3 rings (SSSR count). The van der Waals surface area contributed by atoms with Crippen molar-refractivity contribution in [3.05, 3.63) is 52.7 Å². The highest BCUT2D eigenvalue weighted by Crippen LogP contribution is 2.14. The molecule has 8 heteroatoms. The lowest BCUT2D eigenvalue weighted by Gasteiger charge is -2.10. The van der Waals surface area contributed by atoms with Crippen LogP contribution in [-0.2, 0) is 16.1 Å². The summed E-state index contributed by atoms with van der Waals surface area (Å²) in [5, 5.41) is 7.56. The molecule has 2 aromatic heterocycles. The fourth-order valence-electron chi connectivity index (χ4n) is 2.87. The van der Waals surface area contributed by atoms with Gasteiger partial charge in [-0.2, -0.15) is 5.10 Å². The Labute approximate surface area is 156 Å². The van der Waals surface area contributed by atoms with Crippen LogP contribution < -0.4 is 10.9 Å². The highest BCUT2D eigenvalue weighted by atomic mass is 16.5. The Bertz CT molecular complexity index is 978. The number of nitrogens with zero attached hydrogens (tertiary/aromatic N) is 4. The number of carbonyl (C=O) groups is 1. The first-order valence-corrected chi connectivity index (χ1v) is 8.88. The van der Waals surface area contributed by atoms with Crippen LogP contribution in [0.25, 0.3) is 16.7 Å². The van der Waals surface area contributed by atoms with Crippen molar-refractivity contribution in [2.45, 2.75) is 26.3 Å². The molecule has 142 valence electrons. The molecule has 0 fully saturated rings. The summed E-state index contributed by atoms with van der Waals surface area (Å²) >= 11 is 0. The van der Waals surface area contributed by atoms with E-state index in [-0.39, 0.29) is 24.4 Å².